The van der Waals surface area contributed by atoms with Crippen LogP contribution in [0.15, 0.2) is 0 Å². The highest BCUT2D eigenvalue weighted by molar-refractivity contribution is 5.75. The van der Waals surface area contributed by atoms with Crippen molar-refractivity contribution in [3.63, 3.8) is 0 Å². The maximum atomic E-state index is 11.6. The zero-order valence-electron chi connectivity index (χ0n) is 14.6. The molecule has 0 saturated carbocycles. The molecular weight excluding hydrogens is 304 g/mol. The molecule has 0 bridgehead atoms. The molecule has 0 aromatic heterocycles. The summed E-state index contributed by atoms with van der Waals surface area (Å²) in [4.78, 5) is 36.2. The monoisotopic (exact) mass is 332 g/mol. The van der Waals surface area contributed by atoms with E-state index in [0.717, 1.165) is 0 Å². The minimum Gasteiger partial charge on any atom is -0.465 e. The topological polar surface area (TPSA) is 94.2 Å². The lowest BCUT2D eigenvalue weighted by Gasteiger charge is -2.22. The van der Waals surface area contributed by atoms with Gasteiger partial charge in [-0.2, -0.15) is 0 Å². The molecular formula is C15H28N2O6. The Balaban J connectivity index is 4.36. The number of carbonyl (C=O) groups is 3. The Morgan fingerprint density at radius 2 is 1.43 bits per heavy atom. The summed E-state index contributed by atoms with van der Waals surface area (Å²) in [6.45, 7) is 9.65. The van der Waals surface area contributed by atoms with Crippen molar-refractivity contribution in [3.8, 4) is 0 Å². The lowest BCUT2D eigenvalue weighted by Crippen LogP contribution is -2.42. The fraction of sp³-hybridized carbons (Fsp3) is 0.800. The molecule has 1 N–H and O–H groups in total. The van der Waals surface area contributed by atoms with Gasteiger partial charge in [-0.1, -0.05) is 0 Å². The minimum absolute atomic E-state index is 0.0529. The lowest BCUT2D eigenvalue weighted by atomic mass is 10.2. The largest absolute Gasteiger partial charge is 0.465 e. The maximum Gasteiger partial charge on any atom is 0.407 e. The van der Waals surface area contributed by atoms with E-state index in [1.54, 1.807) is 39.5 Å². The second-order valence-corrected chi connectivity index (χ2v) is 5.75. The second-order valence-electron chi connectivity index (χ2n) is 5.75. The summed E-state index contributed by atoms with van der Waals surface area (Å²) in [6.07, 6.45) is -0.551. The van der Waals surface area contributed by atoms with E-state index in [1.807, 2.05) is 0 Å². The van der Waals surface area contributed by atoms with Crippen LogP contribution < -0.4 is 5.32 Å². The number of esters is 2. The van der Waals surface area contributed by atoms with Crippen LogP contribution in [-0.2, 0) is 23.8 Å². The van der Waals surface area contributed by atoms with Crippen LogP contribution in [0, 0.1) is 0 Å². The Morgan fingerprint density at radius 1 is 0.957 bits per heavy atom. The molecule has 0 aromatic rings. The lowest BCUT2D eigenvalue weighted by molar-refractivity contribution is -0.148. The number of alkyl carbamates (subject to hydrolysis) is 1. The number of hydrogen-bond donors (Lipinski definition) is 1. The molecule has 0 unspecified atom stereocenters. The molecule has 0 heterocycles. The zero-order valence-corrected chi connectivity index (χ0v) is 14.6. The third-order valence-electron chi connectivity index (χ3n) is 2.41. The first-order valence-corrected chi connectivity index (χ1v) is 7.68. The van der Waals surface area contributed by atoms with Crippen LogP contribution in [0.5, 0.6) is 0 Å². The number of amides is 1. The Labute approximate surface area is 137 Å². The van der Waals surface area contributed by atoms with Crippen LogP contribution in [0.1, 0.15) is 34.6 Å². The van der Waals surface area contributed by atoms with Crippen molar-refractivity contribution >= 4 is 18.0 Å². The Kier molecular flexibility index (Phi) is 9.96. The van der Waals surface area contributed by atoms with Crippen LogP contribution in [0.3, 0.4) is 0 Å². The molecule has 0 aromatic carbocycles. The molecule has 134 valence electrons. The number of ether oxygens (including phenoxy) is 3. The van der Waals surface area contributed by atoms with Crippen molar-refractivity contribution in [1.82, 2.24) is 10.2 Å². The molecule has 0 saturated heterocycles. The number of rotatable bonds is 9. The molecule has 0 radical (unpaired) electrons. The van der Waals surface area contributed by atoms with Gasteiger partial charge in [0.15, 0.2) is 0 Å². The standard InChI is InChI=1S/C15H28N2O6/c1-6-21-12(18)10-17(11-13(19)22-7-2)9-8-16-14(20)23-15(3,4)5/h6-11H2,1-5H3,(H,16,20). The van der Waals surface area contributed by atoms with E-state index in [0.29, 0.717) is 0 Å². The molecule has 0 aliphatic heterocycles. The fourth-order valence-electron chi connectivity index (χ4n) is 1.62. The van der Waals surface area contributed by atoms with Gasteiger partial charge in [0.1, 0.15) is 5.60 Å². The van der Waals surface area contributed by atoms with E-state index in [9.17, 15) is 14.4 Å². The minimum atomic E-state index is -0.584. The van der Waals surface area contributed by atoms with Gasteiger partial charge in [-0.25, -0.2) is 4.79 Å². The van der Waals surface area contributed by atoms with Crippen LogP contribution in [0.4, 0.5) is 4.79 Å². The third-order valence-corrected chi connectivity index (χ3v) is 2.41. The van der Waals surface area contributed by atoms with E-state index in [2.05, 4.69) is 5.32 Å². The third kappa shape index (κ3) is 12.4. The normalized spacial score (nSPS) is 11.0. The number of nitrogens with one attached hydrogen (secondary N) is 1. The number of carbonyl (C=O) groups excluding carboxylic acids is 3. The van der Waals surface area contributed by atoms with Crippen molar-refractivity contribution in [2.75, 3.05) is 39.4 Å². The first-order chi connectivity index (χ1) is 10.7. The van der Waals surface area contributed by atoms with Crippen molar-refractivity contribution in [2.24, 2.45) is 0 Å². The smallest absolute Gasteiger partial charge is 0.407 e. The van der Waals surface area contributed by atoms with Gasteiger partial charge in [0.2, 0.25) is 0 Å². The summed E-state index contributed by atoms with van der Waals surface area (Å²) in [5, 5.41) is 2.57. The van der Waals surface area contributed by atoms with Gasteiger partial charge in [0.25, 0.3) is 0 Å². The molecule has 1 amide bonds. The van der Waals surface area contributed by atoms with E-state index in [1.165, 1.54) is 0 Å². The van der Waals surface area contributed by atoms with Gasteiger partial charge in [0.05, 0.1) is 26.3 Å². The van der Waals surface area contributed by atoms with E-state index >= 15 is 0 Å². The highest BCUT2D eigenvalue weighted by Gasteiger charge is 2.18. The number of hydrogen-bond acceptors (Lipinski definition) is 7. The molecule has 0 rings (SSSR count). The summed E-state index contributed by atoms with van der Waals surface area (Å²) in [7, 11) is 0. The zero-order chi connectivity index (χ0) is 17.9. The van der Waals surface area contributed by atoms with Crippen LogP contribution in [0.25, 0.3) is 0 Å². The summed E-state index contributed by atoms with van der Waals surface area (Å²) >= 11 is 0. The fourth-order valence-corrected chi connectivity index (χ4v) is 1.62. The molecule has 8 heteroatoms. The van der Waals surface area contributed by atoms with Crippen molar-refractivity contribution < 1.29 is 28.6 Å². The van der Waals surface area contributed by atoms with Crippen LogP contribution >= 0.6 is 0 Å². The van der Waals surface area contributed by atoms with Gasteiger partial charge in [-0.3, -0.25) is 14.5 Å². The summed E-state index contributed by atoms with van der Waals surface area (Å²) in [5.41, 5.74) is -0.584. The Bertz CT molecular complexity index is 372. The first-order valence-electron chi connectivity index (χ1n) is 7.68. The van der Waals surface area contributed by atoms with E-state index in [4.69, 9.17) is 14.2 Å². The maximum absolute atomic E-state index is 11.6. The summed E-state index contributed by atoms with van der Waals surface area (Å²) < 4.78 is 14.8. The molecule has 0 atom stereocenters. The molecule has 0 aliphatic rings. The SMILES string of the molecule is CCOC(=O)CN(CCNC(=O)OC(C)(C)C)CC(=O)OCC. The average Bonchev–Trinajstić information content (AvgIpc) is 2.36. The Morgan fingerprint density at radius 3 is 1.83 bits per heavy atom. The van der Waals surface area contributed by atoms with Crippen LogP contribution in [0.2, 0.25) is 0 Å². The van der Waals surface area contributed by atoms with E-state index < -0.39 is 23.6 Å². The first kappa shape index (κ1) is 21.2. The van der Waals surface area contributed by atoms with Crippen molar-refractivity contribution in [3.05, 3.63) is 0 Å². The van der Waals surface area contributed by atoms with E-state index in [-0.39, 0.29) is 39.4 Å². The quantitative estimate of drug-likeness (QED) is 0.496. The molecule has 0 spiro atoms. The molecule has 8 nitrogen and oxygen atoms in total. The van der Waals surface area contributed by atoms with Gasteiger partial charge in [-0.15, -0.1) is 0 Å². The molecule has 0 aliphatic carbocycles. The number of nitrogens with zero attached hydrogens (tertiary/aromatic N) is 1. The van der Waals surface area contributed by atoms with Gasteiger partial charge in [-0.05, 0) is 34.6 Å². The molecule has 23 heavy (non-hydrogen) atoms. The van der Waals surface area contributed by atoms with Gasteiger partial charge < -0.3 is 19.5 Å². The molecule has 0 fully saturated rings. The van der Waals surface area contributed by atoms with Gasteiger partial charge in [0, 0.05) is 13.1 Å². The van der Waals surface area contributed by atoms with Crippen molar-refractivity contribution in [2.45, 2.75) is 40.2 Å². The highest BCUT2D eigenvalue weighted by Crippen LogP contribution is 2.06. The average molecular weight is 332 g/mol. The summed E-state index contributed by atoms with van der Waals surface area (Å²) in [5.74, 6) is -0.872. The van der Waals surface area contributed by atoms with Crippen molar-refractivity contribution in [1.29, 1.82) is 0 Å². The second kappa shape index (κ2) is 10.8. The van der Waals surface area contributed by atoms with Gasteiger partial charge >= 0.3 is 18.0 Å². The highest BCUT2D eigenvalue weighted by atomic mass is 16.6. The Hall–Kier alpha value is -1.83. The summed E-state index contributed by atoms with van der Waals surface area (Å²) in [6, 6.07) is 0. The van der Waals surface area contributed by atoms with Crippen LogP contribution in [-0.4, -0.2) is 67.9 Å². The predicted octanol–water partition coefficient (Wildman–Crippen LogP) is 0.939. The predicted molar refractivity (Wildman–Crippen MR) is 83.9 cm³/mol.